The molecule has 1 aliphatic carbocycles. The first-order chi connectivity index (χ1) is 10.9. The van der Waals surface area contributed by atoms with Crippen molar-refractivity contribution in [2.24, 2.45) is 7.05 Å². The predicted octanol–water partition coefficient (Wildman–Crippen LogP) is 2.44. The molecule has 1 N–H and O–H groups in total. The molecular formula is C16H23N5OS. The van der Waals surface area contributed by atoms with Crippen LogP contribution in [0.2, 0.25) is 0 Å². The van der Waals surface area contributed by atoms with E-state index in [2.05, 4.69) is 27.2 Å². The molecule has 124 valence electrons. The van der Waals surface area contributed by atoms with Gasteiger partial charge in [-0.25, -0.2) is 4.98 Å². The molecule has 1 amide bonds. The Labute approximate surface area is 140 Å². The maximum Gasteiger partial charge on any atom is 0.239 e. The summed E-state index contributed by atoms with van der Waals surface area (Å²) in [6.07, 6.45) is 3.28. The zero-order valence-corrected chi connectivity index (χ0v) is 14.9. The van der Waals surface area contributed by atoms with Gasteiger partial charge in [-0.15, -0.1) is 11.3 Å². The van der Waals surface area contributed by atoms with Gasteiger partial charge >= 0.3 is 0 Å². The Hall–Kier alpha value is -1.73. The third kappa shape index (κ3) is 3.45. The van der Waals surface area contributed by atoms with Gasteiger partial charge in [0.1, 0.15) is 5.82 Å². The lowest BCUT2D eigenvalue weighted by molar-refractivity contribution is -0.117. The number of hydrogen-bond acceptors (Lipinski definition) is 5. The van der Waals surface area contributed by atoms with Gasteiger partial charge in [-0.2, -0.15) is 5.10 Å². The van der Waals surface area contributed by atoms with Gasteiger partial charge in [-0.1, -0.05) is 0 Å². The molecule has 0 aliphatic heterocycles. The van der Waals surface area contributed by atoms with Gasteiger partial charge in [-0.3, -0.25) is 14.4 Å². The zero-order chi connectivity index (χ0) is 16.6. The van der Waals surface area contributed by atoms with Crippen LogP contribution in [0.1, 0.15) is 40.2 Å². The fourth-order valence-electron chi connectivity index (χ4n) is 3.19. The van der Waals surface area contributed by atoms with E-state index in [4.69, 9.17) is 0 Å². The van der Waals surface area contributed by atoms with Gasteiger partial charge in [0.2, 0.25) is 5.91 Å². The van der Waals surface area contributed by atoms with Crippen LogP contribution in [0.3, 0.4) is 0 Å². The highest BCUT2D eigenvalue weighted by atomic mass is 32.1. The lowest BCUT2D eigenvalue weighted by atomic mass is 9.97. The summed E-state index contributed by atoms with van der Waals surface area (Å²) in [5, 5.41) is 8.30. The maximum atomic E-state index is 12.3. The van der Waals surface area contributed by atoms with E-state index >= 15 is 0 Å². The van der Waals surface area contributed by atoms with E-state index < -0.39 is 0 Å². The molecule has 0 aromatic carbocycles. The molecule has 6 nitrogen and oxygen atoms in total. The topological polar surface area (TPSA) is 63.1 Å². The van der Waals surface area contributed by atoms with Crippen LogP contribution >= 0.6 is 11.3 Å². The lowest BCUT2D eigenvalue weighted by Crippen LogP contribution is -2.34. The van der Waals surface area contributed by atoms with E-state index in [-0.39, 0.29) is 5.91 Å². The van der Waals surface area contributed by atoms with Crippen LogP contribution in [0, 0.1) is 13.8 Å². The van der Waals surface area contributed by atoms with Crippen LogP contribution in [0.5, 0.6) is 0 Å². The first-order valence-corrected chi connectivity index (χ1v) is 8.72. The molecule has 1 aliphatic rings. The van der Waals surface area contributed by atoms with E-state index in [0.717, 1.165) is 35.8 Å². The Morgan fingerprint density at radius 1 is 1.52 bits per heavy atom. The van der Waals surface area contributed by atoms with Crippen molar-refractivity contribution in [3.63, 3.8) is 0 Å². The number of aryl methyl sites for hydroxylation is 4. The third-order valence-electron chi connectivity index (χ3n) is 4.22. The number of likely N-dealkylation sites (N-methyl/N-ethyl adjacent to an activating group) is 1. The summed E-state index contributed by atoms with van der Waals surface area (Å²) >= 11 is 1.76. The predicted molar refractivity (Wildman–Crippen MR) is 91.7 cm³/mol. The molecule has 2 aromatic heterocycles. The molecule has 7 heteroatoms. The minimum Gasteiger partial charge on any atom is -0.310 e. The van der Waals surface area contributed by atoms with E-state index in [1.54, 1.807) is 16.0 Å². The first kappa shape index (κ1) is 16.1. The number of thiazole rings is 1. The summed E-state index contributed by atoms with van der Waals surface area (Å²) in [4.78, 5) is 20.4. The minimum atomic E-state index is -0.0103. The maximum absolute atomic E-state index is 12.3. The summed E-state index contributed by atoms with van der Waals surface area (Å²) < 4.78 is 1.69. The number of nitrogens with one attached hydrogen (secondary N) is 1. The second-order valence-corrected chi connectivity index (χ2v) is 7.44. The average Bonchev–Trinajstić information content (AvgIpc) is 2.99. The Morgan fingerprint density at radius 2 is 2.30 bits per heavy atom. The number of rotatable bonds is 4. The molecule has 3 rings (SSSR count). The Kier molecular flexibility index (Phi) is 4.50. The van der Waals surface area contributed by atoms with Gasteiger partial charge in [0, 0.05) is 24.0 Å². The molecule has 0 fully saturated rings. The molecule has 2 aromatic rings. The van der Waals surface area contributed by atoms with Crippen LogP contribution in [0.25, 0.3) is 0 Å². The molecule has 1 unspecified atom stereocenters. The second kappa shape index (κ2) is 6.41. The molecule has 0 bridgehead atoms. The van der Waals surface area contributed by atoms with Crippen LogP contribution in [-0.2, 0) is 18.3 Å². The van der Waals surface area contributed by atoms with Crippen molar-refractivity contribution in [1.82, 2.24) is 19.7 Å². The van der Waals surface area contributed by atoms with Crippen molar-refractivity contribution in [3.05, 3.63) is 27.3 Å². The zero-order valence-electron chi connectivity index (χ0n) is 14.1. The molecule has 0 saturated carbocycles. The van der Waals surface area contributed by atoms with Gasteiger partial charge in [0.25, 0.3) is 0 Å². The Morgan fingerprint density at radius 3 is 3.00 bits per heavy atom. The molecule has 2 heterocycles. The fraction of sp³-hybridized carbons (Fsp3) is 0.562. The molecule has 0 spiro atoms. The van der Waals surface area contributed by atoms with Gasteiger partial charge in [0.15, 0.2) is 0 Å². The Bertz CT molecular complexity index is 720. The molecule has 0 saturated heterocycles. The van der Waals surface area contributed by atoms with Crippen molar-refractivity contribution in [2.45, 2.75) is 39.2 Å². The molecule has 0 radical (unpaired) electrons. The van der Waals surface area contributed by atoms with Crippen LogP contribution < -0.4 is 5.32 Å². The largest absolute Gasteiger partial charge is 0.310 e. The summed E-state index contributed by atoms with van der Waals surface area (Å²) in [5.41, 5.74) is 2.12. The van der Waals surface area contributed by atoms with E-state index in [0.29, 0.717) is 12.6 Å². The highest BCUT2D eigenvalue weighted by molar-refractivity contribution is 7.11. The first-order valence-electron chi connectivity index (χ1n) is 7.91. The van der Waals surface area contributed by atoms with Crippen LogP contribution in [0.4, 0.5) is 5.82 Å². The summed E-state index contributed by atoms with van der Waals surface area (Å²) in [6.45, 7) is 4.33. The smallest absolute Gasteiger partial charge is 0.239 e. The SMILES string of the molecule is Cc1cc(NC(=O)CN(C)C2CCCc3nc(C)sc32)n(C)n1. The number of carbonyl (C=O) groups is 1. The van der Waals surface area contributed by atoms with Crippen molar-refractivity contribution in [1.29, 1.82) is 0 Å². The monoisotopic (exact) mass is 333 g/mol. The average molecular weight is 333 g/mol. The number of hydrogen-bond donors (Lipinski definition) is 1. The molecule has 23 heavy (non-hydrogen) atoms. The van der Waals surface area contributed by atoms with Crippen molar-refractivity contribution < 1.29 is 4.79 Å². The third-order valence-corrected chi connectivity index (χ3v) is 5.34. The van der Waals surface area contributed by atoms with Gasteiger partial charge in [-0.05, 0) is 40.2 Å². The van der Waals surface area contributed by atoms with Crippen molar-refractivity contribution >= 4 is 23.1 Å². The number of aromatic nitrogens is 3. The number of fused-ring (bicyclic) bond motifs is 1. The van der Waals surface area contributed by atoms with Crippen LogP contribution in [-0.4, -0.2) is 39.2 Å². The highest BCUT2D eigenvalue weighted by Gasteiger charge is 2.28. The lowest BCUT2D eigenvalue weighted by Gasteiger charge is -2.30. The summed E-state index contributed by atoms with van der Waals surface area (Å²) in [7, 11) is 3.85. The van der Waals surface area contributed by atoms with E-state index in [1.165, 1.54) is 10.6 Å². The summed E-state index contributed by atoms with van der Waals surface area (Å²) in [5.74, 6) is 0.725. The minimum absolute atomic E-state index is 0.0103. The normalized spacial score (nSPS) is 17.3. The second-order valence-electron chi connectivity index (χ2n) is 6.21. The van der Waals surface area contributed by atoms with Crippen molar-refractivity contribution in [2.75, 3.05) is 18.9 Å². The van der Waals surface area contributed by atoms with Crippen molar-refractivity contribution in [3.8, 4) is 0 Å². The standard InChI is InChI=1S/C16H23N5OS/c1-10-8-14(21(4)19-10)18-15(22)9-20(3)13-7-5-6-12-16(13)23-11(2)17-12/h8,13H,5-7,9H2,1-4H3,(H,18,22). The number of amides is 1. The van der Waals surface area contributed by atoms with Gasteiger partial charge < -0.3 is 5.32 Å². The van der Waals surface area contributed by atoms with Gasteiger partial charge in [0.05, 0.1) is 22.9 Å². The summed E-state index contributed by atoms with van der Waals surface area (Å²) in [6, 6.07) is 2.17. The molecule has 1 atom stereocenters. The fourth-order valence-corrected chi connectivity index (χ4v) is 4.36. The number of carbonyl (C=O) groups excluding carboxylic acids is 1. The number of anilines is 1. The van der Waals surface area contributed by atoms with E-state index in [1.807, 2.05) is 27.1 Å². The molecular weight excluding hydrogens is 310 g/mol. The number of nitrogens with zero attached hydrogens (tertiary/aromatic N) is 4. The van der Waals surface area contributed by atoms with Crippen LogP contribution in [0.15, 0.2) is 6.07 Å². The highest BCUT2D eigenvalue weighted by Crippen LogP contribution is 2.37. The van der Waals surface area contributed by atoms with E-state index in [9.17, 15) is 4.79 Å². The Balaban J connectivity index is 1.66. The quantitative estimate of drug-likeness (QED) is 0.933.